The van der Waals surface area contributed by atoms with Crippen molar-refractivity contribution in [2.24, 2.45) is 5.84 Å². The van der Waals surface area contributed by atoms with Gasteiger partial charge >= 0.3 is 0 Å². The molecule has 2 fully saturated rings. The van der Waals surface area contributed by atoms with Crippen molar-refractivity contribution in [2.45, 2.75) is 25.7 Å². The lowest BCUT2D eigenvalue weighted by Crippen LogP contribution is -2.49. The third-order valence-electron chi connectivity index (χ3n) is 3.97. The Morgan fingerprint density at radius 3 is 2.65 bits per heavy atom. The van der Waals surface area contributed by atoms with Gasteiger partial charge in [0.25, 0.3) is 0 Å². The Morgan fingerprint density at radius 2 is 2.05 bits per heavy atom. The molecule has 3 N–H and O–H groups in total. The molecule has 2 aliphatic rings. The molecule has 7 nitrogen and oxygen atoms in total. The first kappa shape index (κ1) is 13.1. The molecule has 7 heteroatoms. The molecule has 0 unspecified atom stereocenters. The van der Waals surface area contributed by atoms with Crippen LogP contribution < -0.4 is 16.2 Å². The monoisotopic (exact) mass is 276 g/mol. The van der Waals surface area contributed by atoms with E-state index < -0.39 is 0 Å². The van der Waals surface area contributed by atoms with Crippen LogP contribution in [-0.4, -0.2) is 47.5 Å². The van der Waals surface area contributed by atoms with E-state index in [4.69, 9.17) is 5.84 Å². The summed E-state index contributed by atoms with van der Waals surface area (Å²) in [6.45, 7) is 3.80. The number of piperazine rings is 1. The molecule has 0 bridgehead atoms. The number of hydrogen-bond acceptors (Lipinski definition) is 6. The second kappa shape index (κ2) is 4.90. The van der Waals surface area contributed by atoms with Gasteiger partial charge in [-0.3, -0.25) is 4.79 Å². The maximum Gasteiger partial charge on any atom is 0.241 e. The first-order valence-electron chi connectivity index (χ1n) is 6.94. The van der Waals surface area contributed by atoms with Crippen LogP contribution in [0.5, 0.6) is 0 Å². The molecule has 1 amide bonds. The summed E-state index contributed by atoms with van der Waals surface area (Å²) in [5.74, 6) is 8.44. The largest absolute Gasteiger partial charge is 0.345 e. The highest BCUT2D eigenvalue weighted by atomic mass is 16.2. The molecule has 0 aromatic carbocycles. The number of rotatable bonds is 3. The molecule has 0 spiro atoms. The number of nitrogens with two attached hydrogens (primary N) is 1. The van der Waals surface area contributed by atoms with E-state index in [-0.39, 0.29) is 5.91 Å². The zero-order valence-electron chi connectivity index (χ0n) is 11.9. The van der Waals surface area contributed by atoms with Gasteiger partial charge in [-0.25, -0.2) is 15.8 Å². The summed E-state index contributed by atoms with van der Waals surface area (Å²) < 4.78 is 0. The molecule has 1 aliphatic heterocycles. The van der Waals surface area contributed by atoms with E-state index in [1.807, 2.05) is 18.9 Å². The van der Waals surface area contributed by atoms with Crippen LogP contribution in [0.1, 0.15) is 30.1 Å². The fourth-order valence-corrected chi connectivity index (χ4v) is 2.43. The van der Waals surface area contributed by atoms with Crippen molar-refractivity contribution in [2.75, 3.05) is 37.0 Å². The summed E-state index contributed by atoms with van der Waals surface area (Å²) in [5.41, 5.74) is 3.54. The normalized spacial score (nSPS) is 19.4. The van der Waals surface area contributed by atoms with Crippen LogP contribution in [0, 0.1) is 6.92 Å². The molecular weight excluding hydrogens is 256 g/mol. The van der Waals surface area contributed by atoms with Crippen molar-refractivity contribution in [3.8, 4) is 0 Å². The van der Waals surface area contributed by atoms with Crippen LogP contribution in [0.4, 0.5) is 11.6 Å². The number of amides is 1. The first-order valence-corrected chi connectivity index (χ1v) is 6.94. The average Bonchev–Trinajstić information content (AvgIpc) is 3.27. The van der Waals surface area contributed by atoms with Crippen molar-refractivity contribution in [1.82, 2.24) is 14.9 Å². The minimum absolute atomic E-state index is 0.115. The molecular formula is C13H20N6O. The van der Waals surface area contributed by atoms with Gasteiger partial charge in [-0.15, -0.1) is 0 Å². The summed E-state index contributed by atoms with van der Waals surface area (Å²) in [4.78, 5) is 24.8. The van der Waals surface area contributed by atoms with Gasteiger partial charge in [0, 0.05) is 31.6 Å². The minimum atomic E-state index is 0.115. The number of anilines is 2. The van der Waals surface area contributed by atoms with Gasteiger partial charge in [-0.1, -0.05) is 0 Å². The molecule has 0 radical (unpaired) electrons. The Hall–Kier alpha value is -1.89. The molecule has 1 aliphatic carbocycles. The molecule has 108 valence electrons. The zero-order valence-corrected chi connectivity index (χ0v) is 11.9. The fraction of sp³-hybridized carbons (Fsp3) is 0.615. The van der Waals surface area contributed by atoms with Crippen LogP contribution in [-0.2, 0) is 4.79 Å². The summed E-state index contributed by atoms with van der Waals surface area (Å²) in [6, 6.07) is 0. The smallest absolute Gasteiger partial charge is 0.241 e. The predicted molar refractivity (Wildman–Crippen MR) is 76.4 cm³/mol. The van der Waals surface area contributed by atoms with Crippen LogP contribution >= 0.6 is 0 Å². The molecule has 3 rings (SSSR count). The molecule has 1 saturated carbocycles. The van der Waals surface area contributed by atoms with Gasteiger partial charge in [0.2, 0.25) is 5.91 Å². The van der Waals surface area contributed by atoms with Crippen molar-refractivity contribution in [1.29, 1.82) is 0 Å². The van der Waals surface area contributed by atoms with Crippen molar-refractivity contribution in [3.63, 3.8) is 0 Å². The lowest BCUT2D eigenvalue weighted by molar-refractivity contribution is -0.129. The minimum Gasteiger partial charge on any atom is -0.345 e. The Morgan fingerprint density at radius 1 is 1.30 bits per heavy atom. The van der Waals surface area contributed by atoms with Gasteiger partial charge in [0.05, 0.1) is 6.54 Å². The third-order valence-corrected chi connectivity index (χ3v) is 3.97. The van der Waals surface area contributed by atoms with Crippen LogP contribution in [0.3, 0.4) is 0 Å². The first-order chi connectivity index (χ1) is 9.60. The van der Waals surface area contributed by atoms with Crippen molar-refractivity contribution < 1.29 is 4.79 Å². The van der Waals surface area contributed by atoms with Gasteiger partial charge in [-0.2, -0.15) is 0 Å². The summed E-state index contributed by atoms with van der Waals surface area (Å²) in [5, 5.41) is 0. The fourth-order valence-electron chi connectivity index (χ4n) is 2.43. The number of nitrogens with one attached hydrogen (secondary N) is 1. The van der Waals surface area contributed by atoms with E-state index in [1.165, 1.54) is 0 Å². The summed E-state index contributed by atoms with van der Waals surface area (Å²) >= 11 is 0. The van der Waals surface area contributed by atoms with Crippen molar-refractivity contribution >= 4 is 17.5 Å². The number of nitrogen functional groups attached to an aromatic ring is 1. The zero-order chi connectivity index (χ0) is 14.3. The van der Waals surface area contributed by atoms with Gasteiger partial charge in [0.1, 0.15) is 17.5 Å². The lowest BCUT2D eigenvalue weighted by Gasteiger charge is -2.33. The quantitative estimate of drug-likeness (QED) is 0.607. The molecule has 20 heavy (non-hydrogen) atoms. The number of aromatic nitrogens is 2. The standard InChI is InChI=1S/C13H20N6O/c1-8-11(17-14)15-12(9-3-4-9)16-13(8)19-6-5-18(2)10(20)7-19/h9H,3-7,14H2,1-2H3,(H,15,16,17). The number of carbonyl (C=O) groups excluding carboxylic acids is 1. The number of hydrogen-bond donors (Lipinski definition) is 2. The second-order valence-corrected chi connectivity index (χ2v) is 5.53. The molecule has 1 aromatic heterocycles. The number of carbonyl (C=O) groups is 1. The average molecular weight is 276 g/mol. The summed E-state index contributed by atoms with van der Waals surface area (Å²) in [7, 11) is 1.83. The van der Waals surface area contributed by atoms with E-state index in [9.17, 15) is 4.79 Å². The molecule has 1 saturated heterocycles. The van der Waals surface area contributed by atoms with Crippen molar-refractivity contribution in [3.05, 3.63) is 11.4 Å². The van der Waals surface area contributed by atoms with Gasteiger partial charge in [-0.05, 0) is 19.8 Å². The van der Waals surface area contributed by atoms with E-state index in [1.54, 1.807) is 4.90 Å². The Balaban J connectivity index is 1.95. The Kier molecular flexibility index (Phi) is 3.21. The SMILES string of the molecule is Cc1c(NN)nc(C2CC2)nc1N1CCN(C)C(=O)C1. The maximum atomic E-state index is 11.9. The van der Waals surface area contributed by atoms with Gasteiger partial charge < -0.3 is 15.2 Å². The third kappa shape index (κ3) is 2.29. The molecule has 2 heterocycles. The van der Waals surface area contributed by atoms with Crippen LogP contribution in [0.2, 0.25) is 0 Å². The molecule has 1 aromatic rings. The number of nitrogens with zero attached hydrogens (tertiary/aromatic N) is 4. The molecule has 0 atom stereocenters. The van der Waals surface area contributed by atoms with Gasteiger partial charge in [0.15, 0.2) is 0 Å². The highest BCUT2D eigenvalue weighted by Crippen LogP contribution is 2.40. The number of hydrazine groups is 1. The lowest BCUT2D eigenvalue weighted by atomic mass is 10.2. The van der Waals surface area contributed by atoms with E-state index >= 15 is 0 Å². The maximum absolute atomic E-state index is 11.9. The highest BCUT2D eigenvalue weighted by Gasteiger charge is 2.30. The summed E-state index contributed by atoms with van der Waals surface area (Å²) in [6.07, 6.45) is 2.27. The van der Waals surface area contributed by atoms with E-state index in [0.717, 1.165) is 36.6 Å². The second-order valence-electron chi connectivity index (χ2n) is 5.53. The highest BCUT2D eigenvalue weighted by molar-refractivity contribution is 5.82. The Labute approximate surface area is 118 Å². The van der Waals surface area contributed by atoms with Crippen LogP contribution in [0.15, 0.2) is 0 Å². The van der Waals surface area contributed by atoms with Crippen LogP contribution in [0.25, 0.3) is 0 Å². The Bertz CT molecular complexity index is 542. The topological polar surface area (TPSA) is 87.4 Å². The van der Waals surface area contributed by atoms with E-state index in [2.05, 4.69) is 15.4 Å². The number of likely N-dealkylation sites (N-methyl/N-ethyl adjacent to an activating group) is 1. The van der Waals surface area contributed by atoms with E-state index in [0.29, 0.717) is 24.8 Å². The predicted octanol–water partition coefficient (Wildman–Crippen LogP) is 0.226.